The Kier molecular flexibility index (Phi) is 1.67. The number of carbonyl (C=O) groups is 1. The molecule has 0 bridgehead atoms. The van der Waals surface area contributed by atoms with Crippen LogP contribution in [-0.4, -0.2) is 12.8 Å². The summed E-state index contributed by atoms with van der Waals surface area (Å²) < 4.78 is 0. The van der Waals surface area contributed by atoms with Gasteiger partial charge in [-0.1, -0.05) is 6.08 Å². The molecule has 0 spiro atoms. The highest BCUT2D eigenvalue weighted by molar-refractivity contribution is 5.56. The van der Waals surface area contributed by atoms with Crippen LogP contribution in [0.2, 0.25) is 0 Å². The van der Waals surface area contributed by atoms with Crippen molar-refractivity contribution in [3.05, 3.63) is 12.3 Å². The van der Waals surface area contributed by atoms with Crippen molar-refractivity contribution in [2.45, 2.75) is 6.42 Å². The summed E-state index contributed by atoms with van der Waals surface area (Å²) in [5.74, 6) is 0.132. The van der Waals surface area contributed by atoms with Crippen LogP contribution in [0.4, 0.5) is 0 Å². The van der Waals surface area contributed by atoms with Crippen LogP contribution in [-0.2, 0) is 4.79 Å². The first-order valence-corrected chi connectivity index (χ1v) is 2.72. The van der Waals surface area contributed by atoms with Crippen molar-refractivity contribution in [3.63, 3.8) is 0 Å². The number of allylic oxidation sites excluding steroid dienone is 1. The van der Waals surface area contributed by atoms with Gasteiger partial charge >= 0.3 is 0 Å². The van der Waals surface area contributed by atoms with Crippen LogP contribution in [0.1, 0.15) is 6.42 Å². The SMILES string of the molecule is O=CC1C=C[N]CC1. The number of rotatable bonds is 1. The van der Waals surface area contributed by atoms with Crippen LogP contribution >= 0.6 is 0 Å². The monoisotopic (exact) mass is 110 g/mol. The molecule has 1 radical (unpaired) electrons. The van der Waals surface area contributed by atoms with Crippen molar-refractivity contribution in [2.24, 2.45) is 5.92 Å². The van der Waals surface area contributed by atoms with Gasteiger partial charge in [-0.3, -0.25) is 5.32 Å². The van der Waals surface area contributed by atoms with E-state index in [0.717, 1.165) is 19.3 Å². The summed E-state index contributed by atoms with van der Waals surface area (Å²) in [6.07, 6.45) is 5.39. The molecule has 0 aromatic rings. The van der Waals surface area contributed by atoms with Crippen LogP contribution in [0, 0.1) is 5.92 Å². The molecular formula is C6H8NO. The van der Waals surface area contributed by atoms with Crippen LogP contribution in [0.15, 0.2) is 12.3 Å². The van der Waals surface area contributed by atoms with Gasteiger partial charge in [-0.2, -0.15) is 0 Å². The zero-order valence-corrected chi connectivity index (χ0v) is 4.58. The zero-order chi connectivity index (χ0) is 5.82. The highest BCUT2D eigenvalue weighted by Gasteiger charge is 2.04. The predicted octanol–water partition coefficient (Wildman–Crippen LogP) is 0.323. The number of nitrogens with zero attached hydrogens (tertiary/aromatic N) is 1. The molecular weight excluding hydrogens is 102 g/mol. The van der Waals surface area contributed by atoms with Crippen LogP contribution in [0.25, 0.3) is 0 Å². The van der Waals surface area contributed by atoms with E-state index in [9.17, 15) is 4.79 Å². The van der Waals surface area contributed by atoms with E-state index in [2.05, 4.69) is 5.32 Å². The quantitative estimate of drug-likeness (QED) is 0.447. The summed E-state index contributed by atoms with van der Waals surface area (Å²) in [5, 5.41) is 3.94. The predicted molar refractivity (Wildman–Crippen MR) is 30.3 cm³/mol. The number of carbonyl (C=O) groups excluding carboxylic acids is 1. The molecule has 0 saturated carbocycles. The summed E-state index contributed by atoms with van der Waals surface area (Å²) >= 11 is 0. The lowest BCUT2D eigenvalue weighted by atomic mass is 10.1. The minimum Gasteiger partial charge on any atom is -0.303 e. The van der Waals surface area contributed by atoms with Gasteiger partial charge in [-0.25, -0.2) is 0 Å². The number of hydrogen-bond donors (Lipinski definition) is 0. The maximum Gasteiger partial charge on any atom is 0.126 e. The van der Waals surface area contributed by atoms with Crippen molar-refractivity contribution in [3.8, 4) is 0 Å². The van der Waals surface area contributed by atoms with Crippen molar-refractivity contribution >= 4 is 6.29 Å². The average Bonchev–Trinajstić information content (AvgIpc) is 1.90. The lowest BCUT2D eigenvalue weighted by Crippen LogP contribution is -2.12. The molecule has 43 valence electrons. The fourth-order valence-corrected chi connectivity index (χ4v) is 0.679. The Morgan fingerprint density at radius 1 is 1.75 bits per heavy atom. The van der Waals surface area contributed by atoms with Gasteiger partial charge in [0.15, 0.2) is 0 Å². The number of aldehydes is 1. The average molecular weight is 110 g/mol. The van der Waals surface area contributed by atoms with Gasteiger partial charge < -0.3 is 4.79 Å². The molecule has 0 saturated heterocycles. The molecule has 2 heteroatoms. The van der Waals surface area contributed by atoms with E-state index in [4.69, 9.17) is 0 Å². The number of hydrogen-bond acceptors (Lipinski definition) is 1. The molecule has 1 unspecified atom stereocenters. The molecule has 1 rings (SSSR count). The Morgan fingerprint density at radius 2 is 2.62 bits per heavy atom. The van der Waals surface area contributed by atoms with E-state index in [1.165, 1.54) is 0 Å². The second-order valence-corrected chi connectivity index (χ2v) is 1.84. The molecule has 0 N–H and O–H groups in total. The van der Waals surface area contributed by atoms with Crippen molar-refractivity contribution < 1.29 is 4.79 Å². The summed E-state index contributed by atoms with van der Waals surface area (Å²) in [6.45, 7) is 0.805. The fourth-order valence-electron chi connectivity index (χ4n) is 0.679. The molecule has 0 aliphatic carbocycles. The maximum atomic E-state index is 10.1. The van der Waals surface area contributed by atoms with E-state index in [0.29, 0.717) is 0 Å². The minimum absolute atomic E-state index is 0.132. The van der Waals surface area contributed by atoms with Crippen molar-refractivity contribution in [1.82, 2.24) is 5.32 Å². The van der Waals surface area contributed by atoms with Crippen LogP contribution in [0.5, 0.6) is 0 Å². The second kappa shape index (κ2) is 2.50. The molecule has 8 heavy (non-hydrogen) atoms. The molecule has 0 aromatic carbocycles. The van der Waals surface area contributed by atoms with Gasteiger partial charge in [-0.05, 0) is 6.42 Å². The molecule has 1 atom stereocenters. The highest BCUT2D eigenvalue weighted by atomic mass is 16.1. The Morgan fingerprint density at radius 3 is 3.00 bits per heavy atom. The summed E-state index contributed by atoms with van der Waals surface area (Å²) in [4.78, 5) is 10.1. The molecule has 1 heterocycles. The standard InChI is InChI=1S/C6H8NO/c8-5-6-1-3-7-4-2-6/h1,3,5-6H,2,4H2. The van der Waals surface area contributed by atoms with Gasteiger partial charge in [0.1, 0.15) is 6.29 Å². The Labute approximate surface area is 48.6 Å². The van der Waals surface area contributed by atoms with Crippen molar-refractivity contribution in [2.75, 3.05) is 6.54 Å². The largest absolute Gasteiger partial charge is 0.303 e. The topological polar surface area (TPSA) is 31.2 Å². The lowest BCUT2D eigenvalue weighted by Gasteiger charge is -2.07. The third-order valence-electron chi connectivity index (χ3n) is 1.20. The van der Waals surface area contributed by atoms with E-state index in [1.54, 1.807) is 6.20 Å². The summed E-state index contributed by atoms with van der Waals surface area (Å²) in [5.41, 5.74) is 0. The highest BCUT2D eigenvalue weighted by Crippen LogP contribution is 2.03. The molecule has 2 nitrogen and oxygen atoms in total. The van der Waals surface area contributed by atoms with Crippen LogP contribution in [0.3, 0.4) is 0 Å². The first-order valence-electron chi connectivity index (χ1n) is 2.72. The minimum atomic E-state index is 0.132. The molecule has 0 fully saturated rings. The maximum absolute atomic E-state index is 10.1. The Balaban J connectivity index is 2.42. The smallest absolute Gasteiger partial charge is 0.126 e. The van der Waals surface area contributed by atoms with Gasteiger partial charge in [0.25, 0.3) is 0 Å². The molecule has 1 aliphatic heterocycles. The fraction of sp³-hybridized carbons (Fsp3) is 0.500. The van der Waals surface area contributed by atoms with E-state index < -0.39 is 0 Å². The van der Waals surface area contributed by atoms with Gasteiger partial charge in [0.05, 0.1) is 0 Å². The van der Waals surface area contributed by atoms with E-state index in [1.807, 2.05) is 6.08 Å². The molecule has 0 aromatic heterocycles. The third-order valence-corrected chi connectivity index (χ3v) is 1.20. The first-order chi connectivity index (χ1) is 3.93. The van der Waals surface area contributed by atoms with E-state index >= 15 is 0 Å². The molecule has 1 aliphatic rings. The van der Waals surface area contributed by atoms with E-state index in [-0.39, 0.29) is 5.92 Å². The first kappa shape index (κ1) is 5.35. The Bertz CT molecular complexity index is 109. The third kappa shape index (κ3) is 1.09. The summed E-state index contributed by atoms with van der Waals surface area (Å²) in [7, 11) is 0. The lowest BCUT2D eigenvalue weighted by molar-refractivity contribution is -0.110. The van der Waals surface area contributed by atoms with Crippen molar-refractivity contribution in [1.29, 1.82) is 0 Å². The Hall–Kier alpha value is -0.790. The van der Waals surface area contributed by atoms with Gasteiger partial charge in [-0.15, -0.1) is 0 Å². The normalized spacial score (nSPS) is 26.8. The van der Waals surface area contributed by atoms with Crippen LogP contribution < -0.4 is 5.32 Å². The molecule has 0 amide bonds. The summed E-state index contributed by atoms with van der Waals surface area (Å²) in [6, 6.07) is 0. The second-order valence-electron chi connectivity index (χ2n) is 1.84. The van der Waals surface area contributed by atoms with Gasteiger partial charge in [0, 0.05) is 18.7 Å². The van der Waals surface area contributed by atoms with Gasteiger partial charge in [0.2, 0.25) is 0 Å². The zero-order valence-electron chi connectivity index (χ0n) is 4.58.